The fraction of sp³-hybridized carbons (Fsp3) is 1.00. The standard InChI is InChI=1S/C11H19ClF3N/c12-6-4-10-3-1-7-16(9-10)8-2-5-11(13,14)15/h10H,1-9H2. The van der Waals surface area contributed by atoms with Crippen LogP contribution in [0.3, 0.4) is 0 Å². The third-order valence-corrected chi connectivity index (χ3v) is 3.27. The average molecular weight is 258 g/mol. The van der Waals surface area contributed by atoms with Crippen LogP contribution in [0.25, 0.3) is 0 Å². The molecule has 96 valence electrons. The van der Waals surface area contributed by atoms with Gasteiger partial charge in [0.2, 0.25) is 0 Å². The first kappa shape index (κ1) is 14.1. The van der Waals surface area contributed by atoms with Crippen molar-refractivity contribution >= 4 is 11.6 Å². The highest BCUT2D eigenvalue weighted by molar-refractivity contribution is 6.17. The van der Waals surface area contributed by atoms with Gasteiger partial charge >= 0.3 is 6.18 Å². The molecule has 0 spiro atoms. The summed E-state index contributed by atoms with van der Waals surface area (Å²) < 4.78 is 35.9. The molecule has 1 atom stereocenters. The predicted molar refractivity (Wildman–Crippen MR) is 59.8 cm³/mol. The number of likely N-dealkylation sites (tertiary alicyclic amines) is 1. The van der Waals surface area contributed by atoms with Crippen LogP contribution in [-0.4, -0.2) is 36.6 Å². The number of hydrogen-bond acceptors (Lipinski definition) is 1. The molecule has 1 aliphatic rings. The second kappa shape index (κ2) is 6.70. The summed E-state index contributed by atoms with van der Waals surface area (Å²) in [6, 6.07) is 0. The molecule has 1 nitrogen and oxygen atoms in total. The summed E-state index contributed by atoms with van der Waals surface area (Å²) in [5.41, 5.74) is 0. The van der Waals surface area contributed by atoms with Crippen LogP contribution in [0.2, 0.25) is 0 Å². The van der Waals surface area contributed by atoms with E-state index in [4.69, 9.17) is 11.6 Å². The van der Waals surface area contributed by atoms with Crippen molar-refractivity contribution in [2.45, 2.75) is 38.3 Å². The van der Waals surface area contributed by atoms with Gasteiger partial charge < -0.3 is 4.90 Å². The summed E-state index contributed by atoms with van der Waals surface area (Å²) in [4.78, 5) is 2.15. The molecule has 0 amide bonds. The van der Waals surface area contributed by atoms with E-state index in [9.17, 15) is 13.2 Å². The molecule has 0 aromatic carbocycles. The van der Waals surface area contributed by atoms with Crippen molar-refractivity contribution in [3.63, 3.8) is 0 Å². The van der Waals surface area contributed by atoms with Crippen molar-refractivity contribution in [2.75, 3.05) is 25.5 Å². The van der Waals surface area contributed by atoms with E-state index in [1.54, 1.807) is 0 Å². The maximum absolute atomic E-state index is 12.0. The van der Waals surface area contributed by atoms with Crippen LogP contribution in [-0.2, 0) is 0 Å². The first-order valence-corrected chi connectivity index (χ1v) is 6.40. The molecule has 1 unspecified atom stereocenters. The maximum Gasteiger partial charge on any atom is 0.389 e. The monoisotopic (exact) mass is 257 g/mol. The Balaban J connectivity index is 2.16. The van der Waals surface area contributed by atoms with Crippen molar-refractivity contribution in [1.82, 2.24) is 4.90 Å². The van der Waals surface area contributed by atoms with E-state index in [1.165, 1.54) is 6.42 Å². The van der Waals surface area contributed by atoms with Gasteiger partial charge in [-0.1, -0.05) is 0 Å². The maximum atomic E-state index is 12.0. The normalized spacial score (nSPS) is 23.6. The van der Waals surface area contributed by atoms with Gasteiger partial charge in [-0.15, -0.1) is 11.6 Å². The lowest BCUT2D eigenvalue weighted by Gasteiger charge is -2.32. The van der Waals surface area contributed by atoms with E-state index in [-0.39, 0.29) is 6.42 Å². The van der Waals surface area contributed by atoms with Crippen LogP contribution in [0.4, 0.5) is 13.2 Å². The van der Waals surface area contributed by atoms with Gasteiger partial charge in [-0.2, -0.15) is 13.2 Å². The van der Waals surface area contributed by atoms with Crippen molar-refractivity contribution in [1.29, 1.82) is 0 Å². The van der Waals surface area contributed by atoms with Crippen LogP contribution < -0.4 is 0 Å². The van der Waals surface area contributed by atoms with E-state index >= 15 is 0 Å². The molecule has 1 rings (SSSR count). The second-order valence-electron chi connectivity index (χ2n) is 4.51. The Morgan fingerprint density at radius 3 is 2.69 bits per heavy atom. The van der Waals surface area contributed by atoms with Crippen molar-refractivity contribution in [3.05, 3.63) is 0 Å². The summed E-state index contributed by atoms with van der Waals surface area (Å²) in [5.74, 6) is 1.23. The molecule has 0 radical (unpaired) electrons. The molecule has 0 aliphatic carbocycles. The van der Waals surface area contributed by atoms with E-state index in [1.807, 2.05) is 0 Å². The Hall–Kier alpha value is 0.0400. The first-order chi connectivity index (χ1) is 7.51. The highest BCUT2D eigenvalue weighted by Crippen LogP contribution is 2.23. The fourth-order valence-electron chi connectivity index (χ4n) is 2.25. The number of hydrogen-bond donors (Lipinski definition) is 0. The Kier molecular flexibility index (Phi) is 5.90. The minimum Gasteiger partial charge on any atom is -0.303 e. The molecule has 0 aromatic heterocycles. The van der Waals surface area contributed by atoms with E-state index in [0.29, 0.717) is 18.3 Å². The lowest BCUT2D eigenvalue weighted by atomic mass is 9.95. The van der Waals surface area contributed by atoms with Crippen LogP contribution in [0, 0.1) is 5.92 Å². The summed E-state index contributed by atoms with van der Waals surface area (Å²) in [7, 11) is 0. The van der Waals surface area contributed by atoms with Gasteiger partial charge in [-0.05, 0) is 44.7 Å². The van der Waals surface area contributed by atoms with Gasteiger partial charge in [0.15, 0.2) is 0 Å². The Morgan fingerprint density at radius 2 is 2.06 bits per heavy atom. The van der Waals surface area contributed by atoms with Gasteiger partial charge in [-0.25, -0.2) is 0 Å². The lowest BCUT2D eigenvalue weighted by Crippen LogP contribution is -2.36. The van der Waals surface area contributed by atoms with Gasteiger partial charge in [0, 0.05) is 18.8 Å². The molecule has 16 heavy (non-hydrogen) atoms. The summed E-state index contributed by atoms with van der Waals surface area (Å²) in [6.07, 6.45) is -1.21. The molecule has 0 aromatic rings. The SMILES string of the molecule is FC(F)(F)CCCN1CCCC(CCCl)C1. The Bertz CT molecular complexity index is 194. The van der Waals surface area contributed by atoms with Crippen LogP contribution in [0.15, 0.2) is 0 Å². The molecule has 1 saturated heterocycles. The third-order valence-electron chi connectivity index (χ3n) is 3.06. The molecule has 5 heteroatoms. The van der Waals surface area contributed by atoms with Gasteiger partial charge in [0.05, 0.1) is 0 Å². The van der Waals surface area contributed by atoms with Crippen LogP contribution >= 0.6 is 11.6 Å². The Morgan fingerprint density at radius 1 is 1.31 bits per heavy atom. The molecular weight excluding hydrogens is 239 g/mol. The average Bonchev–Trinajstić information content (AvgIpc) is 2.17. The zero-order valence-electron chi connectivity index (χ0n) is 9.40. The summed E-state index contributed by atoms with van der Waals surface area (Å²) in [5, 5.41) is 0. The van der Waals surface area contributed by atoms with E-state index < -0.39 is 12.6 Å². The quantitative estimate of drug-likeness (QED) is 0.680. The van der Waals surface area contributed by atoms with Crippen molar-refractivity contribution in [3.8, 4) is 0 Å². The van der Waals surface area contributed by atoms with E-state index in [2.05, 4.69) is 4.90 Å². The zero-order valence-corrected chi connectivity index (χ0v) is 10.2. The minimum atomic E-state index is -4.01. The Labute approximate surface area is 99.9 Å². The molecule has 0 saturated carbocycles. The summed E-state index contributed by atoms with van der Waals surface area (Å²) in [6.45, 7) is 2.43. The number of alkyl halides is 4. The van der Waals surface area contributed by atoms with Crippen LogP contribution in [0.1, 0.15) is 32.1 Å². The van der Waals surface area contributed by atoms with Crippen molar-refractivity contribution < 1.29 is 13.2 Å². The van der Waals surface area contributed by atoms with Gasteiger partial charge in [0.1, 0.15) is 0 Å². The topological polar surface area (TPSA) is 3.24 Å². The highest BCUT2D eigenvalue weighted by Gasteiger charge is 2.27. The highest BCUT2D eigenvalue weighted by atomic mass is 35.5. The smallest absolute Gasteiger partial charge is 0.303 e. The zero-order chi connectivity index (χ0) is 12.0. The number of rotatable bonds is 5. The number of halogens is 4. The van der Waals surface area contributed by atoms with Crippen LogP contribution in [0.5, 0.6) is 0 Å². The largest absolute Gasteiger partial charge is 0.389 e. The van der Waals surface area contributed by atoms with Crippen molar-refractivity contribution in [2.24, 2.45) is 5.92 Å². The number of nitrogens with zero attached hydrogens (tertiary/aromatic N) is 1. The third kappa shape index (κ3) is 5.94. The van der Waals surface area contributed by atoms with E-state index in [0.717, 1.165) is 25.9 Å². The molecule has 1 fully saturated rings. The molecule has 0 N–H and O–H groups in total. The first-order valence-electron chi connectivity index (χ1n) is 5.86. The molecule has 1 aliphatic heterocycles. The summed E-state index contributed by atoms with van der Waals surface area (Å²) >= 11 is 5.68. The predicted octanol–water partition coefficient (Wildman–Crippen LogP) is 3.67. The molecular formula is C11H19ClF3N. The van der Waals surface area contributed by atoms with Gasteiger partial charge in [-0.3, -0.25) is 0 Å². The number of piperidine rings is 1. The minimum absolute atomic E-state index is 0.219. The van der Waals surface area contributed by atoms with Gasteiger partial charge in [0.25, 0.3) is 0 Å². The second-order valence-corrected chi connectivity index (χ2v) is 4.88. The molecule has 1 heterocycles. The fourth-order valence-corrected chi connectivity index (χ4v) is 2.56. The lowest BCUT2D eigenvalue weighted by molar-refractivity contribution is -0.136. The molecule has 0 bridgehead atoms.